The molecule has 0 aliphatic carbocycles. The fourth-order valence-corrected chi connectivity index (χ4v) is 2.40. The quantitative estimate of drug-likeness (QED) is 0.933. The maximum atomic E-state index is 11.0. The summed E-state index contributed by atoms with van der Waals surface area (Å²) >= 11 is 11.9. The molecule has 2 atom stereocenters. The van der Waals surface area contributed by atoms with Crippen LogP contribution in [0.2, 0.25) is 10.0 Å². The average molecular weight is 304 g/mol. The van der Waals surface area contributed by atoms with Crippen LogP contribution in [0.4, 0.5) is 0 Å². The van der Waals surface area contributed by atoms with Crippen LogP contribution in [0.5, 0.6) is 0 Å². The standard InChI is InChI=1S/C13H15Cl2NO3/c1-8(13(17)18)16-4-5-19-12(7-16)9-2-3-10(14)11(15)6-9/h2-3,6,8,12H,4-5,7H2,1H3,(H,17,18)/t8-,12+/m1/s1. The first kappa shape index (κ1) is 14.6. The van der Waals surface area contributed by atoms with E-state index in [1.54, 1.807) is 19.1 Å². The molecule has 2 rings (SSSR count). The Kier molecular flexibility index (Phi) is 4.68. The molecule has 4 nitrogen and oxygen atoms in total. The normalized spacial score (nSPS) is 22.2. The van der Waals surface area contributed by atoms with Crippen molar-refractivity contribution in [2.45, 2.75) is 19.1 Å². The largest absolute Gasteiger partial charge is 0.480 e. The number of nitrogens with zero attached hydrogens (tertiary/aromatic N) is 1. The second kappa shape index (κ2) is 6.09. The van der Waals surface area contributed by atoms with Crippen LogP contribution in [0, 0.1) is 0 Å². The third-order valence-electron chi connectivity index (χ3n) is 3.32. The van der Waals surface area contributed by atoms with Crippen molar-refractivity contribution < 1.29 is 14.6 Å². The summed E-state index contributed by atoms with van der Waals surface area (Å²) in [6.07, 6.45) is -0.176. The second-order valence-electron chi connectivity index (χ2n) is 4.54. The molecule has 1 heterocycles. The van der Waals surface area contributed by atoms with Crippen molar-refractivity contribution in [1.82, 2.24) is 4.90 Å². The van der Waals surface area contributed by atoms with Gasteiger partial charge in [0.1, 0.15) is 6.04 Å². The van der Waals surface area contributed by atoms with Gasteiger partial charge in [-0.05, 0) is 24.6 Å². The number of halogens is 2. The fraction of sp³-hybridized carbons (Fsp3) is 0.462. The predicted molar refractivity (Wildman–Crippen MR) is 73.8 cm³/mol. The van der Waals surface area contributed by atoms with Gasteiger partial charge in [-0.25, -0.2) is 0 Å². The molecule has 0 saturated carbocycles. The molecule has 1 saturated heterocycles. The summed E-state index contributed by atoms with van der Waals surface area (Å²) in [6.45, 7) is 3.33. The molecule has 6 heteroatoms. The lowest BCUT2D eigenvalue weighted by atomic mass is 10.1. The zero-order chi connectivity index (χ0) is 14.0. The fourth-order valence-electron chi connectivity index (χ4n) is 2.09. The minimum Gasteiger partial charge on any atom is -0.480 e. The second-order valence-corrected chi connectivity index (χ2v) is 5.36. The van der Waals surface area contributed by atoms with Gasteiger partial charge < -0.3 is 9.84 Å². The lowest BCUT2D eigenvalue weighted by molar-refractivity contribution is -0.145. The third kappa shape index (κ3) is 3.39. The Bertz CT molecular complexity index is 481. The number of carboxylic acid groups (broad SMARTS) is 1. The highest BCUT2D eigenvalue weighted by atomic mass is 35.5. The number of rotatable bonds is 3. The molecule has 0 amide bonds. The number of morpholine rings is 1. The maximum absolute atomic E-state index is 11.0. The Morgan fingerprint density at radius 2 is 2.21 bits per heavy atom. The summed E-state index contributed by atoms with van der Waals surface area (Å²) in [5.41, 5.74) is 0.914. The maximum Gasteiger partial charge on any atom is 0.320 e. The van der Waals surface area contributed by atoms with Crippen LogP contribution in [0.1, 0.15) is 18.6 Å². The van der Waals surface area contributed by atoms with E-state index in [0.717, 1.165) is 5.56 Å². The van der Waals surface area contributed by atoms with E-state index in [-0.39, 0.29) is 6.10 Å². The molecule has 0 unspecified atom stereocenters. The Balaban J connectivity index is 2.12. The first-order valence-electron chi connectivity index (χ1n) is 6.02. The predicted octanol–water partition coefficient (Wildman–Crippen LogP) is 2.84. The highest BCUT2D eigenvalue weighted by Gasteiger charge is 2.28. The van der Waals surface area contributed by atoms with Crippen molar-refractivity contribution >= 4 is 29.2 Å². The Hall–Kier alpha value is -0.810. The number of carboxylic acids is 1. The molecule has 1 aliphatic heterocycles. The van der Waals surface area contributed by atoms with Gasteiger partial charge in [-0.15, -0.1) is 0 Å². The number of hydrogen-bond acceptors (Lipinski definition) is 3. The molecule has 1 aliphatic rings. The van der Waals surface area contributed by atoms with E-state index in [1.165, 1.54) is 0 Å². The van der Waals surface area contributed by atoms with Gasteiger partial charge in [0.15, 0.2) is 0 Å². The van der Waals surface area contributed by atoms with Crippen LogP contribution >= 0.6 is 23.2 Å². The van der Waals surface area contributed by atoms with Gasteiger partial charge in [-0.1, -0.05) is 29.3 Å². The molecule has 104 valence electrons. The van der Waals surface area contributed by atoms with Crippen molar-refractivity contribution in [3.8, 4) is 0 Å². The summed E-state index contributed by atoms with van der Waals surface area (Å²) < 4.78 is 5.68. The van der Waals surface area contributed by atoms with E-state index in [0.29, 0.717) is 29.7 Å². The zero-order valence-electron chi connectivity index (χ0n) is 10.5. The Labute approximate surface area is 121 Å². The highest BCUT2D eigenvalue weighted by Crippen LogP contribution is 2.29. The molecule has 19 heavy (non-hydrogen) atoms. The number of carbonyl (C=O) groups is 1. The summed E-state index contributed by atoms with van der Waals surface area (Å²) in [5.74, 6) is -0.824. The van der Waals surface area contributed by atoms with Gasteiger partial charge in [0.05, 0.1) is 22.8 Å². The van der Waals surface area contributed by atoms with Crippen molar-refractivity contribution in [3.63, 3.8) is 0 Å². The van der Waals surface area contributed by atoms with E-state index < -0.39 is 12.0 Å². The van der Waals surface area contributed by atoms with Crippen molar-refractivity contribution in [2.24, 2.45) is 0 Å². The molecule has 0 bridgehead atoms. The number of hydrogen-bond donors (Lipinski definition) is 1. The monoisotopic (exact) mass is 303 g/mol. The Morgan fingerprint density at radius 3 is 2.84 bits per heavy atom. The first-order valence-corrected chi connectivity index (χ1v) is 6.78. The van der Waals surface area contributed by atoms with Crippen molar-refractivity contribution in [3.05, 3.63) is 33.8 Å². The lowest BCUT2D eigenvalue weighted by Gasteiger charge is -2.35. The van der Waals surface area contributed by atoms with Crippen LogP contribution in [-0.2, 0) is 9.53 Å². The van der Waals surface area contributed by atoms with Crippen molar-refractivity contribution in [1.29, 1.82) is 0 Å². The first-order chi connectivity index (χ1) is 8.99. The number of aliphatic carboxylic acids is 1. The topological polar surface area (TPSA) is 49.8 Å². The smallest absolute Gasteiger partial charge is 0.320 e. The van der Waals surface area contributed by atoms with E-state index in [2.05, 4.69) is 0 Å². The molecule has 0 aromatic heterocycles. The number of ether oxygens (including phenoxy) is 1. The van der Waals surface area contributed by atoms with Gasteiger partial charge in [0.2, 0.25) is 0 Å². The summed E-state index contributed by atoms with van der Waals surface area (Å²) in [6, 6.07) is 4.83. The lowest BCUT2D eigenvalue weighted by Crippen LogP contribution is -2.46. The molecular formula is C13H15Cl2NO3. The van der Waals surface area contributed by atoms with E-state index in [1.807, 2.05) is 11.0 Å². The van der Waals surface area contributed by atoms with Gasteiger partial charge in [-0.2, -0.15) is 0 Å². The van der Waals surface area contributed by atoms with Crippen LogP contribution in [0.3, 0.4) is 0 Å². The van der Waals surface area contributed by atoms with Gasteiger partial charge in [0, 0.05) is 13.1 Å². The van der Waals surface area contributed by atoms with Crippen LogP contribution in [0.15, 0.2) is 18.2 Å². The number of benzene rings is 1. The molecule has 1 N–H and O–H groups in total. The zero-order valence-corrected chi connectivity index (χ0v) is 12.0. The summed E-state index contributed by atoms with van der Waals surface area (Å²) in [7, 11) is 0. The minimum atomic E-state index is -0.824. The van der Waals surface area contributed by atoms with Crippen LogP contribution < -0.4 is 0 Å². The summed E-state index contributed by atoms with van der Waals surface area (Å²) in [4.78, 5) is 12.9. The SMILES string of the molecule is C[C@H](C(=O)O)N1CCO[C@H](c2ccc(Cl)c(Cl)c2)C1. The van der Waals surface area contributed by atoms with E-state index in [4.69, 9.17) is 33.0 Å². The van der Waals surface area contributed by atoms with Crippen LogP contribution in [0.25, 0.3) is 0 Å². The summed E-state index contributed by atoms with van der Waals surface area (Å²) in [5, 5.41) is 10.0. The Morgan fingerprint density at radius 1 is 1.47 bits per heavy atom. The van der Waals surface area contributed by atoms with Gasteiger partial charge in [-0.3, -0.25) is 9.69 Å². The van der Waals surface area contributed by atoms with Crippen LogP contribution in [-0.4, -0.2) is 41.7 Å². The molecule has 1 fully saturated rings. The van der Waals surface area contributed by atoms with Gasteiger partial charge in [0.25, 0.3) is 0 Å². The molecular weight excluding hydrogens is 289 g/mol. The van der Waals surface area contributed by atoms with E-state index >= 15 is 0 Å². The molecule has 0 radical (unpaired) electrons. The van der Waals surface area contributed by atoms with Crippen molar-refractivity contribution in [2.75, 3.05) is 19.7 Å². The van der Waals surface area contributed by atoms with Gasteiger partial charge >= 0.3 is 5.97 Å². The molecule has 0 spiro atoms. The molecule has 1 aromatic carbocycles. The average Bonchev–Trinajstić information content (AvgIpc) is 2.41. The third-order valence-corrected chi connectivity index (χ3v) is 4.06. The molecule has 1 aromatic rings. The highest BCUT2D eigenvalue weighted by molar-refractivity contribution is 6.42. The minimum absolute atomic E-state index is 0.176. The van der Waals surface area contributed by atoms with E-state index in [9.17, 15) is 4.79 Å².